The van der Waals surface area contributed by atoms with Crippen LogP contribution < -0.4 is 0 Å². The fraction of sp³-hybridized carbons (Fsp3) is 0.600. The number of carboxylic acids is 1. The Morgan fingerprint density at radius 1 is 1.60 bits per heavy atom. The summed E-state index contributed by atoms with van der Waals surface area (Å²) in [5, 5.41) is 8.75. The summed E-state index contributed by atoms with van der Waals surface area (Å²) in [5.74, 6) is 0.596. The third-order valence-electron chi connectivity index (χ3n) is 2.17. The maximum atomic E-state index is 10.6. The quantitative estimate of drug-likeness (QED) is 0.914. The van der Waals surface area contributed by atoms with Gasteiger partial charge in [0, 0.05) is 13.5 Å². The van der Waals surface area contributed by atoms with Crippen molar-refractivity contribution >= 4 is 21.9 Å². The monoisotopic (exact) mass is 274 g/mol. The Labute approximate surface area is 97.4 Å². The van der Waals surface area contributed by atoms with Crippen LogP contribution in [0.1, 0.15) is 25.4 Å². The van der Waals surface area contributed by atoms with Crippen molar-refractivity contribution in [3.63, 3.8) is 0 Å². The maximum absolute atomic E-state index is 10.6. The number of rotatable bonds is 4. The zero-order valence-corrected chi connectivity index (χ0v) is 10.7. The largest absolute Gasteiger partial charge is 0.481 e. The molecule has 0 aliphatic carbocycles. The van der Waals surface area contributed by atoms with Crippen LogP contribution in [0.2, 0.25) is 0 Å². The van der Waals surface area contributed by atoms with E-state index in [1.807, 2.05) is 11.6 Å². The Morgan fingerprint density at radius 3 is 2.67 bits per heavy atom. The van der Waals surface area contributed by atoms with Gasteiger partial charge in [0.05, 0.1) is 12.1 Å². The Bertz CT molecular complexity index is 372. The fourth-order valence-corrected chi connectivity index (χ4v) is 2.04. The van der Waals surface area contributed by atoms with Gasteiger partial charge in [-0.25, -0.2) is 4.98 Å². The first kappa shape index (κ1) is 12.2. The maximum Gasteiger partial charge on any atom is 0.309 e. The number of aromatic nitrogens is 2. The van der Waals surface area contributed by atoms with Crippen LogP contribution in [0.5, 0.6) is 0 Å². The molecule has 0 amide bonds. The van der Waals surface area contributed by atoms with Gasteiger partial charge in [-0.05, 0) is 21.8 Å². The van der Waals surface area contributed by atoms with E-state index in [0.29, 0.717) is 10.5 Å². The van der Waals surface area contributed by atoms with Crippen LogP contribution in [0, 0.1) is 5.92 Å². The van der Waals surface area contributed by atoms with Crippen molar-refractivity contribution in [1.29, 1.82) is 0 Å². The van der Waals surface area contributed by atoms with E-state index in [1.54, 1.807) is 0 Å². The minimum Gasteiger partial charge on any atom is -0.481 e. The SMILES string of the molecule is CC(C)Cc1nc(Br)c(CC(=O)O)n1C. The topological polar surface area (TPSA) is 55.1 Å². The van der Waals surface area contributed by atoms with Gasteiger partial charge >= 0.3 is 5.97 Å². The summed E-state index contributed by atoms with van der Waals surface area (Å²) in [6.07, 6.45) is 0.858. The minimum absolute atomic E-state index is 0.00216. The standard InChI is InChI=1S/C10H15BrN2O2/c1-6(2)4-8-12-10(11)7(13(8)3)5-9(14)15/h6H,4-5H2,1-3H3,(H,14,15). The zero-order valence-electron chi connectivity index (χ0n) is 9.12. The van der Waals surface area contributed by atoms with Crippen molar-refractivity contribution in [2.75, 3.05) is 0 Å². The Morgan fingerprint density at radius 2 is 2.20 bits per heavy atom. The van der Waals surface area contributed by atoms with Gasteiger partial charge in [-0.15, -0.1) is 0 Å². The number of hydrogen-bond donors (Lipinski definition) is 1. The molecule has 0 saturated heterocycles. The molecule has 1 aromatic rings. The van der Waals surface area contributed by atoms with Crippen LogP contribution in [0.15, 0.2) is 4.60 Å². The number of imidazole rings is 1. The number of hydrogen-bond acceptors (Lipinski definition) is 2. The third kappa shape index (κ3) is 3.06. The number of carbonyl (C=O) groups is 1. The highest BCUT2D eigenvalue weighted by molar-refractivity contribution is 9.10. The lowest BCUT2D eigenvalue weighted by Crippen LogP contribution is -2.09. The molecule has 0 bridgehead atoms. The van der Waals surface area contributed by atoms with Gasteiger partial charge in [0.25, 0.3) is 0 Å². The molecule has 0 fully saturated rings. The summed E-state index contributed by atoms with van der Waals surface area (Å²) in [5.41, 5.74) is 0.721. The van der Waals surface area contributed by atoms with E-state index in [2.05, 4.69) is 34.8 Å². The summed E-state index contributed by atoms with van der Waals surface area (Å²) in [7, 11) is 1.85. The second kappa shape index (κ2) is 4.79. The van der Waals surface area contributed by atoms with Gasteiger partial charge < -0.3 is 9.67 Å². The van der Waals surface area contributed by atoms with Crippen LogP contribution in [0.25, 0.3) is 0 Å². The molecule has 0 unspecified atom stereocenters. The molecule has 4 nitrogen and oxygen atoms in total. The molecule has 1 rings (SSSR count). The summed E-state index contributed by atoms with van der Waals surface area (Å²) in [6.45, 7) is 4.22. The lowest BCUT2D eigenvalue weighted by Gasteiger charge is -2.06. The molecule has 0 spiro atoms. The molecule has 15 heavy (non-hydrogen) atoms. The molecular formula is C10H15BrN2O2. The first-order chi connectivity index (χ1) is 6.91. The van der Waals surface area contributed by atoms with Gasteiger partial charge in [-0.2, -0.15) is 0 Å². The van der Waals surface area contributed by atoms with Gasteiger partial charge in [-0.1, -0.05) is 13.8 Å². The van der Waals surface area contributed by atoms with E-state index in [4.69, 9.17) is 5.11 Å². The highest BCUT2D eigenvalue weighted by Crippen LogP contribution is 2.19. The lowest BCUT2D eigenvalue weighted by atomic mass is 10.1. The van der Waals surface area contributed by atoms with Crippen molar-refractivity contribution in [2.45, 2.75) is 26.7 Å². The lowest BCUT2D eigenvalue weighted by molar-refractivity contribution is -0.136. The molecule has 1 N–H and O–H groups in total. The average molecular weight is 275 g/mol. The average Bonchev–Trinajstić information content (AvgIpc) is 2.31. The van der Waals surface area contributed by atoms with Crippen molar-refractivity contribution < 1.29 is 9.90 Å². The van der Waals surface area contributed by atoms with Gasteiger partial charge in [0.15, 0.2) is 0 Å². The van der Waals surface area contributed by atoms with Crippen LogP contribution in [-0.2, 0) is 24.7 Å². The van der Waals surface area contributed by atoms with Crippen LogP contribution in [0.4, 0.5) is 0 Å². The molecular weight excluding hydrogens is 260 g/mol. The van der Waals surface area contributed by atoms with Gasteiger partial charge in [0.2, 0.25) is 0 Å². The first-order valence-electron chi connectivity index (χ1n) is 4.83. The molecule has 0 saturated carbocycles. The number of carboxylic acid groups (broad SMARTS) is 1. The molecule has 1 aromatic heterocycles. The van der Waals surface area contributed by atoms with Crippen LogP contribution in [-0.4, -0.2) is 20.6 Å². The normalized spacial score (nSPS) is 11.0. The van der Waals surface area contributed by atoms with Crippen LogP contribution >= 0.6 is 15.9 Å². The van der Waals surface area contributed by atoms with Crippen molar-refractivity contribution in [1.82, 2.24) is 9.55 Å². The minimum atomic E-state index is -0.838. The number of halogens is 1. The predicted molar refractivity (Wildman–Crippen MR) is 60.8 cm³/mol. The first-order valence-corrected chi connectivity index (χ1v) is 5.62. The molecule has 0 aliphatic heterocycles. The van der Waals surface area contributed by atoms with Crippen molar-refractivity contribution in [2.24, 2.45) is 13.0 Å². The molecule has 1 heterocycles. The summed E-state index contributed by atoms with van der Waals surface area (Å²) >= 11 is 3.29. The van der Waals surface area contributed by atoms with E-state index in [9.17, 15) is 4.79 Å². The Balaban J connectivity index is 2.98. The second-order valence-corrected chi connectivity index (χ2v) is 4.74. The van der Waals surface area contributed by atoms with E-state index in [0.717, 1.165) is 17.9 Å². The van der Waals surface area contributed by atoms with Crippen LogP contribution in [0.3, 0.4) is 0 Å². The van der Waals surface area contributed by atoms with Crippen molar-refractivity contribution in [3.05, 3.63) is 16.1 Å². The van der Waals surface area contributed by atoms with E-state index >= 15 is 0 Å². The Hall–Kier alpha value is -0.840. The highest BCUT2D eigenvalue weighted by atomic mass is 79.9. The smallest absolute Gasteiger partial charge is 0.309 e. The summed E-state index contributed by atoms with van der Waals surface area (Å²) < 4.78 is 2.50. The molecule has 84 valence electrons. The highest BCUT2D eigenvalue weighted by Gasteiger charge is 2.15. The molecule has 0 aromatic carbocycles. The molecule has 5 heteroatoms. The van der Waals surface area contributed by atoms with E-state index < -0.39 is 5.97 Å². The zero-order chi connectivity index (χ0) is 11.6. The second-order valence-electron chi connectivity index (χ2n) is 3.99. The van der Waals surface area contributed by atoms with Gasteiger partial charge in [-0.3, -0.25) is 4.79 Å². The predicted octanol–water partition coefficient (Wildman–Crippen LogP) is 2.01. The van der Waals surface area contributed by atoms with E-state index in [1.165, 1.54) is 0 Å². The van der Waals surface area contributed by atoms with Gasteiger partial charge in [0.1, 0.15) is 10.4 Å². The summed E-state index contributed by atoms with van der Waals surface area (Å²) in [4.78, 5) is 15.0. The third-order valence-corrected chi connectivity index (χ3v) is 2.80. The molecule has 0 atom stereocenters. The summed E-state index contributed by atoms with van der Waals surface area (Å²) in [6, 6.07) is 0. The van der Waals surface area contributed by atoms with E-state index in [-0.39, 0.29) is 6.42 Å². The fourth-order valence-electron chi connectivity index (χ4n) is 1.43. The number of nitrogens with zero attached hydrogens (tertiary/aromatic N) is 2. The Kier molecular flexibility index (Phi) is 3.90. The molecule has 0 radical (unpaired) electrons. The molecule has 0 aliphatic rings. The van der Waals surface area contributed by atoms with Crippen molar-refractivity contribution in [3.8, 4) is 0 Å². The number of aliphatic carboxylic acids is 1.